The third-order valence-electron chi connectivity index (χ3n) is 3.72. The Hall–Kier alpha value is -1.55. The monoisotopic (exact) mass is 262 g/mol. The summed E-state index contributed by atoms with van der Waals surface area (Å²) in [4.78, 5) is 12.2. The fourth-order valence-electron chi connectivity index (χ4n) is 2.58. The average molecular weight is 262 g/mol. The van der Waals surface area contributed by atoms with Gasteiger partial charge in [-0.2, -0.15) is 0 Å². The zero-order valence-corrected chi connectivity index (χ0v) is 11.5. The number of nitrogens with one attached hydrogen (secondary N) is 2. The quantitative estimate of drug-likeness (QED) is 0.780. The maximum absolute atomic E-state index is 12.2. The van der Waals surface area contributed by atoms with Gasteiger partial charge >= 0.3 is 0 Å². The largest absolute Gasteiger partial charge is 0.508 e. The predicted octanol–water partition coefficient (Wildman–Crippen LogP) is 1.96. The van der Waals surface area contributed by atoms with Crippen molar-refractivity contribution in [1.82, 2.24) is 10.6 Å². The number of aromatic hydroxyl groups is 1. The zero-order chi connectivity index (χ0) is 13.8. The molecule has 0 bridgehead atoms. The number of amides is 1. The van der Waals surface area contributed by atoms with Crippen molar-refractivity contribution < 1.29 is 9.90 Å². The van der Waals surface area contributed by atoms with Gasteiger partial charge in [0.15, 0.2) is 0 Å². The molecule has 4 heteroatoms. The van der Waals surface area contributed by atoms with E-state index in [2.05, 4.69) is 17.6 Å². The second-order valence-corrected chi connectivity index (χ2v) is 5.40. The molecule has 1 aromatic carbocycles. The molecule has 1 saturated heterocycles. The van der Waals surface area contributed by atoms with Crippen LogP contribution in [0.1, 0.15) is 38.3 Å². The van der Waals surface area contributed by atoms with Crippen LogP contribution in [0.5, 0.6) is 5.75 Å². The van der Waals surface area contributed by atoms with Crippen LogP contribution in [0.3, 0.4) is 0 Å². The molecule has 0 aliphatic carbocycles. The van der Waals surface area contributed by atoms with Crippen LogP contribution in [0.15, 0.2) is 24.3 Å². The maximum Gasteiger partial charge on any atom is 0.223 e. The first-order chi connectivity index (χ1) is 9.06. The van der Waals surface area contributed by atoms with Gasteiger partial charge in [0.2, 0.25) is 5.91 Å². The number of hydrogen-bond donors (Lipinski definition) is 3. The van der Waals surface area contributed by atoms with Crippen molar-refractivity contribution in [2.45, 2.75) is 38.8 Å². The molecular formula is C15H22N2O2. The number of rotatable bonds is 3. The van der Waals surface area contributed by atoms with Gasteiger partial charge in [0.1, 0.15) is 5.75 Å². The van der Waals surface area contributed by atoms with Gasteiger partial charge in [-0.05, 0) is 50.9 Å². The van der Waals surface area contributed by atoms with E-state index in [0.29, 0.717) is 6.04 Å². The molecule has 4 nitrogen and oxygen atoms in total. The maximum atomic E-state index is 12.2. The van der Waals surface area contributed by atoms with E-state index < -0.39 is 0 Å². The molecule has 3 unspecified atom stereocenters. The Kier molecular flexibility index (Phi) is 4.43. The van der Waals surface area contributed by atoms with Gasteiger partial charge in [-0.25, -0.2) is 0 Å². The van der Waals surface area contributed by atoms with Crippen LogP contribution in [0.2, 0.25) is 0 Å². The zero-order valence-electron chi connectivity index (χ0n) is 11.5. The van der Waals surface area contributed by atoms with Crippen LogP contribution >= 0.6 is 0 Å². The number of phenolic OH excluding ortho intramolecular Hbond substituents is 1. The summed E-state index contributed by atoms with van der Waals surface area (Å²) >= 11 is 0. The van der Waals surface area contributed by atoms with E-state index in [4.69, 9.17) is 0 Å². The number of carbonyl (C=O) groups excluding carboxylic acids is 1. The highest BCUT2D eigenvalue weighted by Crippen LogP contribution is 2.20. The van der Waals surface area contributed by atoms with Crippen molar-refractivity contribution in [3.63, 3.8) is 0 Å². The Morgan fingerprint density at radius 2 is 2.32 bits per heavy atom. The van der Waals surface area contributed by atoms with Gasteiger partial charge in [-0.1, -0.05) is 12.1 Å². The first-order valence-electron chi connectivity index (χ1n) is 6.89. The predicted molar refractivity (Wildman–Crippen MR) is 74.9 cm³/mol. The van der Waals surface area contributed by atoms with Gasteiger partial charge in [-0.15, -0.1) is 0 Å². The molecule has 1 heterocycles. The minimum absolute atomic E-state index is 0.0789. The van der Waals surface area contributed by atoms with Crippen molar-refractivity contribution >= 4 is 5.91 Å². The number of carbonyl (C=O) groups is 1. The standard InChI is InChI=1S/C15H22N2O2/c1-10-8-13(6-7-16-10)15(19)17-11(2)12-4-3-5-14(18)9-12/h3-5,9-11,13,16,18H,6-8H2,1-2H3,(H,17,19). The minimum atomic E-state index is -0.0789. The van der Waals surface area contributed by atoms with E-state index >= 15 is 0 Å². The smallest absolute Gasteiger partial charge is 0.223 e. The third-order valence-corrected chi connectivity index (χ3v) is 3.72. The Morgan fingerprint density at radius 3 is 3.00 bits per heavy atom. The Balaban J connectivity index is 1.94. The van der Waals surface area contributed by atoms with E-state index in [-0.39, 0.29) is 23.6 Å². The summed E-state index contributed by atoms with van der Waals surface area (Å²) in [5, 5.41) is 15.8. The highest BCUT2D eigenvalue weighted by atomic mass is 16.3. The number of hydrogen-bond acceptors (Lipinski definition) is 3. The molecule has 1 aliphatic heterocycles. The van der Waals surface area contributed by atoms with Crippen molar-refractivity contribution in [1.29, 1.82) is 0 Å². The lowest BCUT2D eigenvalue weighted by Gasteiger charge is -2.28. The van der Waals surface area contributed by atoms with E-state index in [1.54, 1.807) is 18.2 Å². The van der Waals surface area contributed by atoms with Gasteiger partial charge < -0.3 is 15.7 Å². The molecule has 104 valence electrons. The highest BCUT2D eigenvalue weighted by Gasteiger charge is 2.25. The lowest BCUT2D eigenvalue weighted by molar-refractivity contribution is -0.126. The first kappa shape index (κ1) is 13.9. The molecule has 2 rings (SSSR count). The average Bonchev–Trinajstić information content (AvgIpc) is 2.38. The van der Waals surface area contributed by atoms with E-state index in [9.17, 15) is 9.90 Å². The summed E-state index contributed by atoms with van der Waals surface area (Å²) in [6.45, 7) is 4.95. The highest BCUT2D eigenvalue weighted by molar-refractivity contribution is 5.79. The summed E-state index contributed by atoms with van der Waals surface area (Å²) in [6.07, 6.45) is 1.78. The van der Waals surface area contributed by atoms with E-state index in [0.717, 1.165) is 24.9 Å². The SMILES string of the molecule is CC1CC(C(=O)NC(C)c2cccc(O)c2)CCN1. The van der Waals surface area contributed by atoms with Crippen LogP contribution in [-0.2, 0) is 4.79 Å². The molecular weight excluding hydrogens is 240 g/mol. The summed E-state index contributed by atoms with van der Waals surface area (Å²) < 4.78 is 0. The van der Waals surface area contributed by atoms with Crippen molar-refractivity contribution in [2.75, 3.05) is 6.54 Å². The molecule has 1 fully saturated rings. The van der Waals surface area contributed by atoms with Crippen molar-refractivity contribution in [3.05, 3.63) is 29.8 Å². The molecule has 3 atom stereocenters. The Bertz CT molecular complexity index is 448. The van der Waals surface area contributed by atoms with Gasteiger partial charge in [0, 0.05) is 12.0 Å². The third kappa shape index (κ3) is 3.70. The molecule has 0 saturated carbocycles. The lowest BCUT2D eigenvalue weighted by atomic mass is 9.92. The van der Waals surface area contributed by atoms with Crippen LogP contribution in [0, 0.1) is 5.92 Å². The molecule has 19 heavy (non-hydrogen) atoms. The molecule has 1 amide bonds. The van der Waals surface area contributed by atoms with Crippen molar-refractivity contribution in [2.24, 2.45) is 5.92 Å². The Labute approximate surface area is 114 Å². The fraction of sp³-hybridized carbons (Fsp3) is 0.533. The number of piperidine rings is 1. The summed E-state index contributed by atoms with van der Waals surface area (Å²) in [7, 11) is 0. The van der Waals surface area contributed by atoms with Gasteiger partial charge in [0.05, 0.1) is 6.04 Å². The van der Waals surface area contributed by atoms with Crippen LogP contribution < -0.4 is 10.6 Å². The number of benzene rings is 1. The molecule has 1 aromatic rings. The molecule has 0 radical (unpaired) electrons. The summed E-state index contributed by atoms with van der Waals surface area (Å²) in [6, 6.07) is 7.35. The Morgan fingerprint density at radius 1 is 1.53 bits per heavy atom. The molecule has 1 aliphatic rings. The summed E-state index contributed by atoms with van der Waals surface area (Å²) in [5.74, 6) is 0.439. The lowest BCUT2D eigenvalue weighted by Crippen LogP contribution is -2.42. The van der Waals surface area contributed by atoms with Crippen LogP contribution in [0.4, 0.5) is 0 Å². The van der Waals surface area contributed by atoms with Crippen molar-refractivity contribution in [3.8, 4) is 5.75 Å². The molecule has 3 N–H and O–H groups in total. The van der Waals surface area contributed by atoms with E-state index in [1.165, 1.54) is 0 Å². The normalized spacial score (nSPS) is 24.7. The second-order valence-electron chi connectivity index (χ2n) is 5.40. The fourth-order valence-corrected chi connectivity index (χ4v) is 2.58. The summed E-state index contributed by atoms with van der Waals surface area (Å²) in [5.41, 5.74) is 0.926. The van der Waals surface area contributed by atoms with Crippen LogP contribution in [-0.4, -0.2) is 23.6 Å². The molecule has 0 aromatic heterocycles. The van der Waals surface area contributed by atoms with E-state index in [1.807, 2.05) is 13.0 Å². The second kappa shape index (κ2) is 6.06. The van der Waals surface area contributed by atoms with Crippen LogP contribution in [0.25, 0.3) is 0 Å². The topological polar surface area (TPSA) is 61.4 Å². The van der Waals surface area contributed by atoms with Gasteiger partial charge in [0.25, 0.3) is 0 Å². The molecule has 0 spiro atoms. The first-order valence-corrected chi connectivity index (χ1v) is 6.89. The van der Waals surface area contributed by atoms with Gasteiger partial charge in [-0.3, -0.25) is 4.79 Å². The minimum Gasteiger partial charge on any atom is -0.508 e. The number of phenols is 1.